The predicted octanol–water partition coefficient (Wildman–Crippen LogP) is 0.630. The van der Waals surface area contributed by atoms with E-state index >= 15 is 0 Å². The lowest BCUT2D eigenvalue weighted by molar-refractivity contribution is -0.124. The number of hydrogen-bond donors (Lipinski definition) is 1. The number of nitrogens with one attached hydrogen (secondary N) is 1. The van der Waals surface area contributed by atoms with Crippen molar-refractivity contribution in [1.82, 2.24) is 10.2 Å². The third kappa shape index (κ3) is 4.13. The minimum absolute atomic E-state index is 0.0764. The van der Waals surface area contributed by atoms with E-state index in [0.717, 1.165) is 25.9 Å². The Morgan fingerprint density at radius 1 is 1.42 bits per heavy atom. The molecule has 1 heterocycles. The molecule has 0 radical (unpaired) electrons. The van der Waals surface area contributed by atoms with E-state index in [1.165, 1.54) is 6.08 Å². The molecule has 0 saturated carbocycles. The summed E-state index contributed by atoms with van der Waals surface area (Å²) in [5.74, 6) is 0.0764. The monoisotopic (exact) mass is 170 g/mol. The molecule has 1 fully saturated rings. The predicted molar refractivity (Wildman–Crippen MR) is 51.0 cm³/mol. The quantitative estimate of drug-likeness (QED) is 0.585. The standard InChI is InChI=1S/C7H11NO.C2H7N/c1-2-7(9)8-5-3-4-6-8;1-3-2/h2H,1,3-6H2;3H,1-2H3. The molecule has 12 heavy (non-hydrogen) atoms. The fourth-order valence-corrected chi connectivity index (χ4v) is 1.07. The van der Waals surface area contributed by atoms with Crippen molar-refractivity contribution >= 4 is 5.91 Å². The molecule has 1 amide bonds. The Morgan fingerprint density at radius 3 is 2.17 bits per heavy atom. The van der Waals surface area contributed by atoms with Gasteiger partial charge in [0, 0.05) is 13.1 Å². The van der Waals surface area contributed by atoms with Crippen molar-refractivity contribution in [3.05, 3.63) is 12.7 Å². The summed E-state index contributed by atoms with van der Waals surface area (Å²) in [4.78, 5) is 12.6. The minimum atomic E-state index is 0.0764. The third-order valence-corrected chi connectivity index (χ3v) is 1.59. The van der Waals surface area contributed by atoms with E-state index in [0.29, 0.717) is 0 Å². The van der Waals surface area contributed by atoms with Crippen molar-refractivity contribution in [2.24, 2.45) is 0 Å². The number of amides is 1. The fourth-order valence-electron chi connectivity index (χ4n) is 1.07. The van der Waals surface area contributed by atoms with Crippen molar-refractivity contribution < 1.29 is 4.79 Å². The Labute approximate surface area is 74.4 Å². The number of nitrogens with zero attached hydrogens (tertiary/aromatic N) is 1. The zero-order valence-electron chi connectivity index (χ0n) is 7.97. The number of carbonyl (C=O) groups excluding carboxylic acids is 1. The van der Waals surface area contributed by atoms with Crippen LogP contribution in [0, 0.1) is 0 Å². The molecule has 0 atom stereocenters. The molecule has 0 bridgehead atoms. The molecule has 1 N–H and O–H groups in total. The van der Waals surface area contributed by atoms with Crippen LogP contribution in [0.15, 0.2) is 12.7 Å². The summed E-state index contributed by atoms with van der Waals surface area (Å²) in [5, 5.41) is 2.75. The van der Waals surface area contributed by atoms with Gasteiger partial charge in [-0.1, -0.05) is 6.58 Å². The fraction of sp³-hybridized carbons (Fsp3) is 0.667. The van der Waals surface area contributed by atoms with E-state index in [4.69, 9.17) is 0 Å². The van der Waals surface area contributed by atoms with Crippen molar-refractivity contribution in [2.45, 2.75) is 12.8 Å². The summed E-state index contributed by atoms with van der Waals surface area (Å²) in [6, 6.07) is 0. The Kier molecular flexibility index (Phi) is 6.38. The Balaban J connectivity index is 0.000000354. The van der Waals surface area contributed by atoms with Crippen LogP contribution in [0.25, 0.3) is 0 Å². The number of rotatable bonds is 1. The second kappa shape index (κ2) is 6.85. The first-order valence-corrected chi connectivity index (χ1v) is 4.26. The summed E-state index contributed by atoms with van der Waals surface area (Å²) < 4.78 is 0. The molecule has 1 aliphatic heterocycles. The lowest BCUT2D eigenvalue weighted by Crippen LogP contribution is -2.25. The summed E-state index contributed by atoms with van der Waals surface area (Å²) in [6.07, 6.45) is 3.68. The molecule has 0 aromatic heterocycles. The number of likely N-dealkylation sites (tertiary alicyclic amines) is 1. The van der Waals surface area contributed by atoms with Gasteiger partial charge in [0.25, 0.3) is 0 Å². The van der Waals surface area contributed by atoms with Gasteiger partial charge in [0.15, 0.2) is 0 Å². The highest BCUT2D eigenvalue weighted by atomic mass is 16.2. The maximum atomic E-state index is 10.8. The van der Waals surface area contributed by atoms with Gasteiger partial charge in [0.1, 0.15) is 0 Å². The molecule has 0 spiro atoms. The molecular formula is C9H18N2O. The van der Waals surface area contributed by atoms with Gasteiger partial charge in [0.2, 0.25) is 5.91 Å². The Morgan fingerprint density at radius 2 is 1.83 bits per heavy atom. The maximum absolute atomic E-state index is 10.8. The molecule has 70 valence electrons. The highest BCUT2D eigenvalue weighted by Gasteiger charge is 2.13. The van der Waals surface area contributed by atoms with Gasteiger partial charge >= 0.3 is 0 Å². The molecule has 0 aliphatic carbocycles. The van der Waals surface area contributed by atoms with Crippen LogP contribution in [0.4, 0.5) is 0 Å². The van der Waals surface area contributed by atoms with Crippen LogP contribution in [0.5, 0.6) is 0 Å². The van der Waals surface area contributed by atoms with Gasteiger partial charge in [0.05, 0.1) is 0 Å². The first-order valence-electron chi connectivity index (χ1n) is 4.26. The lowest BCUT2D eigenvalue weighted by atomic mass is 10.4. The van der Waals surface area contributed by atoms with Crippen LogP contribution in [0.3, 0.4) is 0 Å². The highest BCUT2D eigenvalue weighted by Crippen LogP contribution is 2.06. The molecular weight excluding hydrogens is 152 g/mol. The molecule has 1 saturated heterocycles. The van der Waals surface area contributed by atoms with Crippen molar-refractivity contribution in [1.29, 1.82) is 0 Å². The van der Waals surface area contributed by atoms with Crippen LogP contribution >= 0.6 is 0 Å². The van der Waals surface area contributed by atoms with E-state index in [1.54, 1.807) is 0 Å². The zero-order chi connectivity index (χ0) is 9.40. The maximum Gasteiger partial charge on any atom is 0.245 e. The van der Waals surface area contributed by atoms with Gasteiger partial charge in [-0.15, -0.1) is 0 Å². The highest BCUT2D eigenvalue weighted by molar-refractivity contribution is 5.87. The van der Waals surface area contributed by atoms with Gasteiger partial charge < -0.3 is 10.2 Å². The molecule has 1 rings (SSSR count). The SMILES string of the molecule is C=CC(=O)N1CCCC1.CNC. The van der Waals surface area contributed by atoms with Crippen LogP contribution in [0.2, 0.25) is 0 Å². The molecule has 0 unspecified atom stereocenters. The van der Waals surface area contributed by atoms with E-state index in [-0.39, 0.29) is 5.91 Å². The number of hydrogen-bond acceptors (Lipinski definition) is 2. The van der Waals surface area contributed by atoms with Crippen molar-refractivity contribution in [3.63, 3.8) is 0 Å². The van der Waals surface area contributed by atoms with Crippen LogP contribution in [-0.4, -0.2) is 38.0 Å². The van der Waals surface area contributed by atoms with Crippen molar-refractivity contribution in [2.75, 3.05) is 27.2 Å². The summed E-state index contributed by atoms with van der Waals surface area (Å²) in [5.41, 5.74) is 0. The third-order valence-electron chi connectivity index (χ3n) is 1.59. The molecule has 0 aromatic carbocycles. The van der Waals surface area contributed by atoms with Crippen molar-refractivity contribution in [3.8, 4) is 0 Å². The molecule has 3 nitrogen and oxygen atoms in total. The van der Waals surface area contributed by atoms with E-state index in [2.05, 4.69) is 11.9 Å². The first-order chi connectivity index (χ1) is 5.76. The zero-order valence-corrected chi connectivity index (χ0v) is 7.97. The first kappa shape index (κ1) is 11.2. The summed E-state index contributed by atoms with van der Waals surface area (Å²) in [6.45, 7) is 5.26. The molecule has 3 heteroatoms. The van der Waals surface area contributed by atoms with E-state index in [1.807, 2.05) is 19.0 Å². The summed E-state index contributed by atoms with van der Waals surface area (Å²) in [7, 11) is 3.75. The molecule has 0 aromatic rings. The van der Waals surface area contributed by atoms with E-state index < -0.39 is 0 Å². The minimum Gasteiger partial charge on any atom is -0.339 e. The second-order valence-corrected chi connectivity index (χ2v) is 2.74. The van der Waals surface area contributed by atoms with Gasteiger partial charge in [-0.05, 0) is 33.0 Å². The van der Waals surface area contributed by atoms with Gasteiger partial charge in [-0.3, -0.25) is 4.79 Å². The van der Waals surface area contributed by atoms with Gasteiger partial charge in [-0.25, -0.2) is 0 Å². The largest absolute Gasteiger partial charge is 0.339 e. The molecule has 1 aliphatic rings. The lowest BCUT2D eigenvalue weighted by Gasteiger charge is -2.10. The van der Waals surface area contributed by atoms with E-state index in [9.17, 15) is 4.79 Å². The average Bonchev–Trinajstić information content (AvgIpc) is 2.56. The van der Waals surface area contributed by atoms with Gasteiger partial charge in [-0.2, -0.15) is 0 Å². The normalized spacial score (nSPS) is 15.0. The smallest absolute Gasteiger partial charge is 0.245 e. The Hall–Kier alpha value is -0.830. The van der Waals surface area contributed by atoms with Crippen LogP contribution in [-0.2, 0) is 4.79 Å². The second-order valence-electron chi connectivity index (χ2n) is 2.74. The topological polar surface area (TPSA) is 32.3 Å². The average molecular weight is 170 g/mol. The summed E-state index contributed by atoms with van der Waals surface area (Å²) >= 11 is 0. The number of carbonyl (C=O) groups is 1. The van der Waals surface area contributed by atoms with Crippen LogP contribution in [0.1, 0.15) is 12.8 Å². The Bertz CT molecular complexity index is 139. The van der Waals surface area contributed by atoms with Crippen LogP contribution < -0.4 is 5.32 Å².